The normalized spacial score (nSPS) is 23.8. The van der Waals surface area contributed by atoms with E-state index < -0.39 is 0 Å². The van der Waals surface area contributed by atoms with Crippen molar-refractivity contribution >= 4 is 15.9 Å². The number of halogens is 1. The Labute approximate surface area is 82.6 Å². The molecule has 2 aliphatic rings. The molecular formula is C8H17BrN2O. The summed E-state index contributed by atoms with van der Waals surface area (Å²) in [5, 5.41) is 3.16. The summed E-state index contributed by atoms with van der Waals surface area (Å²) in [7, 11) is 0. The maximum Gasteiger partial charge on any atom is 0.0591 e. The Kier molecular flexibility index (Phi) is 5.94. The number of nitrogens with one attached hydrogen (secondary N) is 1. The van der Waals surface area contributed by atoms with E-state index in [0.717, 1.165) is 31.8 Å². The fourth-order valence-electron chi connectivity index (χ4n) is 1.02. The number of rotatable bonds is 1. The van der Waals surface area contributed by atoms with Crippen molar-refractivity contribution in [3.05, 3.63) is 0 Å². The zero-order valence-corrected chi connectivity index (χ0v) is 8.98. The average Bonchev–Trinajstić information content (AvgIpc) is 2.07. The maximum atomic E-state index is 5.01. The third-order valence-corrected chi connectivity index (χ3v) is 2.67. The molecule has 0 saturated carbocycles. The molecule has 2 fully saturated rings. The van der Waals surface area contributed by atoms with E-state index in [9.17, 15) is 0 Å². The fourth-order valence-corrected chi connectivity index (χ4v) is 1.52. The molecular weight excluding hydrogens is 220 g/mol. The Morgan fingerprint density at radius 2 is 1.92 bits per heavy atom. The van der Waals surface area contributed by atoms with Gasteiger partial charge in [0.2, 0.25) is 0 Å². The minimum atomic E-state index is 0.889. The van der Waals surface area contributed by atoms with Crippen molar-refractivity contribution < 1.29 is 4.74 Å². The van der Waals surface area contributed by atoms with Crippen LogP contribution in [-0.4, -0.2) is 49.7 Å². The zero-order valence-electron chi connectivity index (χ0n) is 7.39. The van der Waals surface area contributed by atoms with Crippen molar-refractivity contribution in [3.8, 4) is 0 Å². The van der Waals surface area contributed by atoms with E-state index in [1.807, 2.05) is 0 Å². The van der Waals surface area contributed by atoms with E-state index in [2.05, 4.69) is 26.1 Å². The first-order valence-corrected chi connectivity index (χ1v) is 5.62. The highest BCUT2D eigenvalue weighted by molar-refractivity contribution is 9.09. The van der Waals surface area contributed by atoms with Crippen LogP contribution in [-0.2, 0) is 4.74 Å². The minimum absolute atomic E-state index is 0.889. The van der Waals surface area contributed by atoms with E-state index in [1.165, 1.54) is 19.5 Å². The molecule has 0 amide bonds. The standard InChI is InChI=1S/C4H8BrN.C4H9NO/c5-4-6-2-1-3-6;1-3-6-4-2-5-1/h1-4H2;5H,1-4H2. The second kappa shape index (κ2) is 6.83. The molecule has 4 heteroatoms. The predicted molar refractivity (Wildman–Crippen MR) is 53.7 cm³/mol. The van der Waals surface area contributed by atoms with Crippen molar-refractivity contribution in [1.82, 2.24) is 10.2 Å². The molecule has 1 N–H and O–H groups in total. The highest BCUT2D eigenvalue weighted by Crippen LogP contribution is 2.05. The lowest BCUT2D eigenvalue weighted by Crippen LogP contribution is -2.35. The first-order valence-electron chi connectivity index (χ1n) is 4.50. The third kappa shape index (κ3) is 4.40. The topological polar surface area (TPSA) is 24.5 Å². The van der Waals surface area contributed by atoms with Crippen LogP contribution in [0.25, 0.3) is 0 Å². The summed E-state index contributed by atoms with van der Waals surface area (Å²) in [4.78, 5) is 2.35. The smallest absolute Gasteiger partial charge is 0.0591 e. The lowest BCUT2D eigenvalue weighted by molar-refractivity contribution is 0.109. The third-order valence-electron chi connectivity index (χ3n) is 1.96. The van der Waals surface area contributed by atoms with E-state index in [4.69, 9.17) is 4.74 Å². The van der Waals surface area contributed by atoms with Crippen molar-refractivity contribution in [2.24, 2.45) is 0 Å². The Bertz CT molecular complexity index is 91.0. The lowest BCUT2D eigenvalue weighted by atomic mass is 10.2. The number of morpholine rings is 1. The van der Waals surface area contributed by atoms with E-state index in [0.29, 0.717) is 0 Å². The molecule has 0 aromatic rings. The molecule has 12 heavy (non-hydrogen) atoms. The van der Waals surface area contributed by atoms with Crippen LogP contribution in [0, 0.1) is 0 Å². The van der Waals surface area contributed by atoms with E-state index in [-0.39, 0.29) is 0 Å². The molecule has 2 saturated heterocycles. The van der Waals surface area contributed by atoms with Crippen molar-refractivity contribution in [2.75, 3.05) is 44.8 Å². The quantitative estimate of drug-likeness (QED) is 0.535. The van der Waals surface area contributed by atoms with Crippen LogP contribution in [0.3, 0.4) is 0 Å². The summed E-state index contributed by atoms with van der Waals surface area (Å²) >= 11 is 3.35. The summed E-state index contributed by atoms with van der Waals surface area (Å²) in [5.74, 6) is 0. The predicted octanol–water partition coefficient (Wildman–Crippen LogP) is 0.651. The summed E-state index contributed by atoms with van der Waals surface area (Å²) in [5.41, 5.74) is 1.06. The Morgan fingerprint density at radius 3 is 2.00 bits per heavy atom. The van der Waals surface area contributed by atoms with Gasteiger partial charge < -0.3 is 10.1 Å². The van der Waals surface area contributed by atoms with Gasteiger partial charge in [0.15, 0.2) is 0 Å². The van der Waals surface area contributed by atoms with Crippen molar-refractivity contribution in [1.29, 1.82) is 0 Å². The van der Waals surface area contributed by atoms with Gasteiger partial charge in [0.05, 0.1) is 18.7 Å². The number of hydrogen-bond donors (Lipinski definition) is 1. The first-order chi connectivity index (χ1) is 5.93. The van der Waals surface area contributed by atoms with Gasteiger partial charge in [0.25, 0.3) is 0 Å². The van der Waals surface area contributed by atoms with Crippen molar-refractivity contribution in [3.63, 3.8) is 0 Å². The Morgan fingerprint density at radius 1 is 1.25 bits per heavy atom. The van der Waals surface area contributed by atoms with Crippen molar-refractivity contribution in [2.45, 2.75) is 6.42 Å². The first kappa shape index (κ1) is 10.4. The number of alkyl halides is 1. The van der Waals surface area contributed by atoms with Gasteiger partial charge in [-0.3, -0.25) is 4.90 Å². The van der Waals surface area contributed by atoms with Gasteiger partial charge in [-0.1, -0.05) is 15.9 Å². The molecule has 0 spiro atoms. The number of likely N-dealkylation sites (tertiary alicyclic amines) is 1. The van der Waals surface area contributed by atoms with Crippen LogP contribution in [0.4, 0.5) is 0 Å². The molecule has 0 radical (unpaired) electrons. The molecule has 0 aromatic heterocycles. The molecule has 0 atom stereocenters. The molecule has 72 valence electrons. The SMILES string of the molecule is BrCN1CCC1.C1COCCN1. The van der Waals surface area contributed by atoms with Crippen LogP contribution in [0.15, 0.2) is 0 Å². The summed E-state index contributed by atoms with van der Waals surface area (Å²) < 4.78 is 5.01. The lowest BCUT2D eigenvalue weighted by Gasteiger charge is -2.27. The molecule has 2 aliphatic heterocycles. The molecule has 0 unspecified atom stereocenters. The summed E-state index contributed by atoms with van der Waals surface area (Å²) in [6.07, 6.45) is 1.39. The van der Waals surface area contributed by atoms with Crippen LogP contribution in [0.5, 0.6) is 0 Å². The van der Waals surface area contributed by atoms with E-state index >= 15 is 0 Å². The van der Waals surface area contributed by atoms with Gasteiger partial charge in [-0.25, -0.2) is 0 Å². The van der Waals surface area contributed by atoms with Crippen LogP contribution in [0.2, 0.25) is 0 Å². The number of nitrogens with zero attached hydrogens (tertiary/aromatic N) is 1. The highest BCUT2D eigenvalue weighted by Gasteiger charge is 2.09. The van der Waals surface area contributed by atoms with Gasteiger partial charge >= 0.3 is 0 Å². The average molecular weight is 237 g/mol. The monoisotopic (exact) mass is 236 g/mol. The minimum Gasteiger partial charge on any atom is -0.379 e. The highest BCUT2D eigenvalue weighted by atomic mass is 79.9. The van der Waals surface area contributed by atoms with Gasteiger partial charge in [-0.2, -0.15) is 0 Å². The van der Waals surface area contributed by atoms with E-state index in [1.54, 1.807) is 0 Å². The van der Waals surface area contributed by atoms with Crippen LogP contribution < -0.4 is 5.32 Å². The molecule has 3 nitrogen and oxygen atoms in total. The van der Waals surface area contributed by atoms with Crippen LogP contribution in [0.1, 0.15) is 6.42 Å². The second-order valence-electron chi connectivity index (χ2n) is 2.95. The van der Waals surface area contributed by atoms with Gasteiger partial charge in [-0.15, -0.1) is 0 Å². The fraction of sp³-hybridized carbons (Fsp3) is 1.00. The molecule has 2 rings (SSSR count). The van der Waals surface area contributed by atoms with Gasteiger partial charge in [0, 0.05) is 26.2 Å². The number of ether oxygens (including phenoxy) is 1. The number of hydrogen-bond acceptors (Lipinski definition) is 3. The molecule has 0 aromatic carbocycles. The summed E-state index contributed by atoms with van der Waals surface area (Å²) in [6, 6.07) is 0. The Hall–Kier alpha value is 0.360. The summed E-state index contributed by atoms with van der Waals surface area (Å²) in [6.45, 7) is 6.43. The van der Waals surface area contributed by atoms with Gasteiger partial charge in [0.1, 0.15) is 0 Å². The molecule has 0 aliphatic carbocycles. The van der Waals surface area contributed by atoms with Crippen LogP contribution >= 0.6 is 15.9 Å². The molecule has 2 heterocycles. The molecule has 0 bridgehead atoms. The van der Waals surface area contributed by atoms with Gasteiger partial charge in [-0.05, 0) is 6.42 Å². The largest absolute Gasteiger partial charge is 0.379 e. The second-order valence-corrected chi connectivity index (χ2v) is 3.46. The zero-order chi connectivity index (χ0) is 8.65. The Balaban J connectivity index is 0.000000120. The maximum absolute atomic E-state index is 5.01.